The summed E-state index contributed by atoms with van der Waals surface area (Å²) in [5.41, 5.74) is 7.56. The lowest BCUT2D eigenvalue weighted by Gasteiger charge is -2.09. The zero-order valence-corrected chi connectivity index (χ0v) is 9.13. The van der Waals surface area contributed by atoms with Crippen molar-refractivity contribution in [3.8, 4) is 0 Å². The van der Waals surface area contributed by atoms with Gasteiger partial charge in [0.05, 0.1) is 11.4 Å². The predicted octanol–water partition coefficient (Wildman–Crippen LogP) is 3.80. The molecule has 0 heterocycles. The molecule has 0 fully saturated rings. The van der Waals surface area contributed by atoms with E-state index < -0.39 is 0 Å². The average molecular weight is 237 g/mol. The molecule has 0 aromatic heterocycles. The maximum Gasteiger partial charge on any atom is 0.125 e. The quantitative estimate of drug-likeness (QED) is 0.779. The van der Waals surface area contributed by atoms with Gasteiger partial charge in [0.1, 0.15) is 5.82 Å². The van der Waals surface area contributed by atoms with Crippen LogP contribution in [0, 0.1) is 5.82 Å². The predicted molar refractivity (Wildman–Crippen MR) is 65.5 cm³/mol. The highest BCUT2D eigenvalue weighted by Crippen LogP contribution is 2.24. The molecule has 82 valence electrons. The third kappa shape index (κ3) is 2.44. The van der Waals surface area contributed by atoms with Gasteiger partial charge in [-0.1, -0.05) is 11.6 Å². The molecule has 0 saturated heterocycles. The van der Waals surface area contributed by atoms with Crippen LogP contribution in [-0.2, 0) is 0 Å². The third-order valence-electron chi connectivity index (χ3n) is 2.14. The van der Waals surface area contributed by atoms with E-state index in [-0.39, 0.29) is 5.82 Å². The highest BCUT2D eigenvalue weighted by Gasteiger charge is 2.01. The molecule has 4 heteroatoms. The van der Waals surface area contributed by atoms with Crippen LogP contribution in [0.25, 0.3) is 0 Å². The molecule has 2 aromatic carbocycles. The van der Waals surface area contributed by atoms with E-state index in [9.17, 15) is 4.39 Å². The maximum atomic E-state index is 13.0. The lowest BCUT2D eigenvalue weighted by atomic mass is 10.2. The van der Waals surface area contributed by atoms with Gasteiger partial charge in [-0.05, 0) is 42.5 Å². The number of nitrogens with one attached hydrogen (secondary N) is 1. The van der Waals surface area contributed by atoms with Gasteiger partial charge < -0.3 is 11.1 Å². The van der Waals surface area contributed by atoms with Gasteiger partial charge in [-0.15, -0.1) is 0 Å². The zero-order chi connectivity index (χ0) is 11.5. The van der Waals surface area contributed by atoms with Crippen LogP contribution in [0.5, 0.6) is 0 Å². The van der Waals surface area contributed by atoms with Crippen LogP contribution in [0.3, 0.4) is 0 Å². The first-order valence-electron chi connectivity index (χ1n) is 4.73. The monoisotopic (exact) mass is 236 g/mol. The largest absolute Gasteiger partial charge is 0.397 e. The fraction of sp³-hybridized carbons (Fsp3) is 0. The van der Waals surface area contributed by atoms with Gasteiger partial charge in [0.2, 0.25) is 0 Å². The topological polar surface area (TPSA) is 38.0 Å². The molecule has 0 aliphatic carbocycles. The summed E-state index contributed by atoms with van der Waals surface area (Å²) >= 11 is 5.76. The Morgan fingerprint density at radius 1 is 1.06 bits per heavy atom. The standard InChI is InChI=1S/C12H10ClFN2/c13-8-1-4-10(5-2-8)16-12-7-9(14)3-6-11(12)15/h1-7,16H,15H2. The normalized spacial score (nSPS) is 10.1. The molecule has 0 bridgehead atoms. The molecule has 2 nitrogen and oxygen atoms in total. The lowest BCUT2D eigenvalue weighted by Crippen LogP contribution is -1.96. The number of nitrogens with two attached hydrogens (primary N) is 1. The summed E-state index contributed by atoms with van der Waals surface area (Å²) in [5.74, 6) is -0.328. The highest BCUT2D eigenvalue weighted by molar-refractivity contribution is 6.30. The summed E-state index contributed by atoms with van der Waals surface area (Å²) in [5, 5.41) is 3.67. The molecule has 0 radical (unpaired) electrons. The van der Waals surface area contributed by atoms with Crippen molar-refractivity contribution < 1.29 is 4.39 Å². The van der Waals surface area contributed by atoms with Crippen LogP contribution < -0.4 is 11.1 Å². The zero-order valence-electron chi connectivity index (χ0n) is 8.37. The van der Waals surface area contributed by atoms with Gasteiger partial charge >= 0.3 is 0 Å². The van der Waals surface area contributed by atoms with E-state index in [0.29, 0.717) is 16.4 Å². The molecule has 0 amide bonds. The summed E-state index contributed by atoms with van der Waals surface area (Å²) in [6.45, 7) is 0. The van der Waals surface area contributed by atoms with Gasteiger partial charge in [-0.25, -0.2) is 4.39 Å². The summed E-state index contributed by atoms with van der Waals surface area (Å²) in [7, 11) is 0. The third-order valence-corrected chi connectivity index (χ3v) is 2.39. The van der Waals surface area contributed by atoms with Crippen molar-refractivity contribution in [2.75, 3.05) is 11.1 Å². The van der Waals surface area contributed by atoms with Gasteiger partial charge in [0, 0.05) is 10.7 Å². The number of nitrogen functional groups attached to an aromatic ring is 1. The molecule has 0 atom stereocenters. The Morgan fingerprint density at radius 3 is 2.44 bits per heavy atom. The summed E-state index contributed by atoms with van der Waals surface area (Å²) in [4.78, 5) is 0. The Morgan fingerprint density at radius 2 is 1.75 bits per heavy atom. The van der Waals surface area contributed by atoms with E-state index in [1.165, 1.54) is 18.2 Å². The van der Waals surface area contributed by atoms with Crippen molar-refractivity contribution in [2.24, 2.45) is 0 Å². The Hall–Kier alpha value is -1.74. The number of halogens is 2. The molecule has 16 heavy (non-hydrogen) atoms. The molecule has 0 aliphatic heterocycles. The van der Waals surface area contributed by atoms with E-state index in [4.69, 9.17) is 17.3 Å². The minimum absolute atomic E-state index is 0.328. The molecular weight excluding hydrogens is 227 g/mol. The van der Waals surface area contributed by atoms with Crippen molar-refractivity contribution in [3.05, 3.63) is 53.3 Å². The average Bonchev–Trinajstić information content (AvgIpc) is 2.27. The van der Waals surface area contributed by atoms with Gasteiger partial charge in [-0.3, -0.25) is 0 Å². The van der Waals surface area contributed by atoms with Crippen molar-refractivity contribution in [3.63, 3.8) is 0 Å². The van der Waals surface area contributed by atoms with Crippen molar-refractivity contribution in [2.45, 2.75) is 0 Å². The van der Waals surface area contributed by atoms with Crippen molar-refractivity contribution in [1.82, 2.24) is 0 Å². The first-order valence-corrected chi connectivity index (χ1v) is 5.10. The number of rotatable bonds is 2. The Labute approximate surface area is 97.8 Å². The fourth-order valence-electron chi connectivity index (χ4n) is 1.33. The second-order valence-electron chi connectivity index (χ2n) is 3.36. The molecule has 0 saturated carbocycles. The smallest absolute Gasteiger partial charge is 0.125 e. The SMILES string of the molecule is Nc1ccc(F)cc1Nc1ccc(Cl)cc1. The Balaban J connectivity index is 2.26. The molecule has 2 aromatic rings. The minimum Gasteiger partial charge on any atom is -0.397 e. The van der Waals surface area contributed by atoms with E-state index in [2.05, 4.69) is 5.32 Å². The van der Waals surface area contributed by atoms with E-state index in [1.807, 2.05) is 0 Å². The van der Waals surface area contributed by atoms with Crippen LogP contribution >= 0.6 is 11.6 Å². The van der Waals surface area contributed by atoms with Gasteiger partial charge in [-0.2, -0.15) is 0 Å². The van der Waals surface area contributed by atoms with E-state index in [1.54, 1.807) is 24.3 Å². The number of anilines is 3. The molecule has 2 rings (SSSR count). The minimum atomic E-state index is -0.328. The van der Waals surface area contributed by atoms with Gasteiger partial charge in [0.15, 0.2) is 0 Å². The number of benzene rings is 2. The summed E-state index contributed by atoms with van der Waals surface area (Å²) < 4.78 is 13.0. The second kappa shape index (κ2) is 4.41. The highest BCUT2D eigenvalue weighted by atomic mass is 35.5. The summed E-state index contributed by atoms with van der Waals surface area (Å²) in [6.07, 6.45) is 0. The van der Waals surface area contributed by atoms with Crippen LogP contribution in [0.4, 0.5) is 21.5 Å². The Bertz CT molecular complexity index is 497. The van der Waals surface area contributed by atoms with Crippen molar-refractivity contribution in [1.29, 1.82) is 0 Å². The van der Waals surface area contributed by atoms with Crippen LogP contribution in [-0.4, -0.2) is 0 Å². The molecule has 0 spiro atoms. The first-order chi connectivity index (χ1) is 7.65. The number of hydrogen-bond donors (Lipinski definition) is 2. The maximum absolute atomic E-state index is 13.0. The molecule has 3 N–H and O–H groups in total. The van der Waals surface area contributed by atoms with Crippen molar-refractivity contribution >= 4 is 28.7 Å². The van der Waals surface area contributed by atoms with Crippen LogP contribution in [0.15, 0.2) is 42.5 Å². The Kier molecular flexibility index (Phi) is 2.97. The lowest BCUT2D eigenvalue weighted by molar-refractivity contribution is 0.628. The van der Waals surface area contributed by atoms with Crippen LogP contribution in [0.1, 0.15) is 0 Å². The summed E-state index contributed by atoms with van der Waals surface area (Å²) in [6, 6.07) is 11.3. The van der Waals surface area contributed by atoms with Crippen LogP contribution in [0.2, 0.25) is 5.02 Å². The van der Waals surface area contributed by atoms with E-state index in [0.717, 1.165) is 5.69 Å². The molecular formula is C12H10ClFN2. The fourth-order valence-corrected chi connectivity index (χ4v) is 1.45. The molecule has 0 unspecified atom stereocenters. The van der Waals surface area contributed by atoms with Gasteiger partial charge in [0.25, 0.3) is 0 Å². The first kappa shape index (κ1) is 10.8. The van der Waals surface area contributed by atoms with E-state index >= 15 is 0 Å². The molecule has 0 aliphatic rings. The second-order valence-corrected chi connectivity index (χ2v) is 3.80. The number of hydrogen-bond acceptors (Lipinski definition) is 2.